The minimum atomic E-state index is -1.04. The second-order valence-corrected chi connectivity index (χ2v) is 8.55. The molecule has 1 fully saturated rings. The molecular formula is C20H22N4O4S. The van der Waals surface area contributed by atoms with E-state index in [2.05, 4.69) is 9.88 Å². The number of hydrogen-bond donors (Lipinski definition) is 0. The van der Waals surface area contributed by atoms with Gasteiger partial charge in [0.2, 0.25) is 5.91 Å². The molecule has 0 N–H and O–H groups in total. The van der Waals surface area contributed by atoms with Crippen LogP contribution in [0.25, 0.3) is 11.4 Å². The third-order valence-electron chi connectivity index (χ3n) is 4.98. The van der Waals surface area contributed by atoms with Crippen LogP contribution in [-0.4, -0.2) is 65.0 Å². The van der Waals surface area contributed by atoms with Gasteiger partial charge in [0.1, 0.15) is 5.82 Å². The largest absolute Gasteiger partial charge is 0.378 e. The molecule has 1 atom stereocenters. The van der Waals surface area contributed by atoms with Gasteiger partial charge in [-0.05, 0) is 18.2 Å². The SMILES string of the molecule is CC(=O)N1CC(=O)c2cc(-c3nc(CS(C)=O)cc(N4CCOCC4)n3)ccc21. The first-order valence-corrected chi connectivity index (χ1v) is 11.1. The highest BCUT2D eigenvalue weighted by Gasteiger charge is 2.29. The normalized spacial score (nSPS) is 17.4. The van der Waals surface area contributed by atoms with Crippen LogP contribution >= 0.6 is 0 Å². The average molecular weight is 414 g/mol. The molecule has 2 aliphatic rings. The molecule has 0 aliphatic carbocycles. The molecule has 3 heterocycles. The number of amides is 1. The second-order valence-electron chi connectivity index (χ2n) is 7.12. The molecule has 2 aromatic rings. The molecule has 0 radical (unpaired) electrons. The topological polar surface area (TPSA) is 92.7 Å². The number of carbonyl (C=O) groups is 2. The quantitative estimate of drug-likeness (QED) is 0.747. The van der Waals surface area contributed by atoms with Crippen molar-refractivity contribution in [1.82, 2.24) is 9.97 Å². The fourth-order valence-electron chi connectivity index (χ4n) is 3.58. The summed E-state index contributed by atoms with van der Waals surface area (Å²) in [4.78, 5) is 37.1. The maximum atomic E-state index is 12.4. The average Bonchev–Trinajstić information content (AvgIpc) is 3.04. The van der Waals surface area contributed by atoms with Crippen molar-refractivity contribution in [2.45, 2.75) is 12.7 Å². The predicted molar refractivity (Wildman–Crippen MR) is 111 cm³/mol. The number of carbonyl (C=O) groups excluding carboxylic acids is 2. The zero-order valence-electron chi connectivity index (χ0n) is 16.4. The fourth-order valence-corrected chi connectivity index (χ4v) is 4.14. The third-order valence-corrected chi connectivity index (χ3v) is 5.68. The van der Waals surface area contributed by atoms with E-state index in [4.69, 9.17) is 9.72 Å². The number of aromatic nitrogens is 2. The van der Waals surface area contributed by atoms with Gasteiger partial charge in [-0.15, -0.1) is 0 Å². The Hall–Kier alpha value is -2.65. The van der Waals surface area contributed by atoms with Gasteiger partial charge in [-0.25, -0.2) is 9.97 Å². The smallest absolute Gasteiger partial charge is 0.224 e. The first kappa shape index (κ1) is 19.7. The standard InChI is InChI=1S/C20H22N4O4S/c1-13(25)24-11-18(26)16-9-14(3-4-17(16)24)20-21-15(12-29(2)27)10-19(22-20)23-5-7-28-8-6-23/h3-4,9-10H,5-8,11-12H2,1-2H3. The zero-order valence-corrected chi connectivity index (χ0v) is 17.2. The molecule has 2 aliphatic heterocycles. The van der Waals surface area contributed by atoms with Crippen molar-refractivity contribution >= 4 is 34.0 Å². The Labute approximate surface area is 171 Å². The van der Waals surface area contributed by atoms with Gasteiger partial charge >= 0.3 is 0 Å². The number of morpholine rings is 1. The van der Waals surface area contributed by atoms with Gasteiger partial charge < -0.3 is 14.5 Å². The van der Waals surface area contributed by atoms with Crippen LogP contribution in [0.5, 0.6) is 0 Å². The Morgan fingerprint density at radius 3 is 2.66 bits per heavy atom. The van der Waals surface area contributed by atoms with Crippen molar-refractivity contribution in [2.24, 2.45) is 0 Å². The number of benzene rings is 1. The molecule has 0 spiro atoms. The Kier molecular flexibility index (Phi) is 5.42. The van der Waals surface area contributed by atoms with E-state index in [9.17, 15) is 13.8 Å². The van der Waals surface area contributed by atoms with Crippen molar-refractivity contribution in [1.29, 1.82) is 0 Å². The Morgan fingerprint density at radius 2 is 1.97 bits per heavy atom. The van der Waals surface area contributed by atoms with Crippen molar-refractivity contribution in [3.8, 4) is 11.4 Å². The van der Waals surface area contributed by atoms with Gasteiger partial charge in [0.05, 0.1) is 36.9 Å². The molecule has 1 unspecified atom stereocenters. The summed E-state index contributed by atoms with van der Waals surface area (Å²) >= 11 is 0. The molecule has 1 aromatic heterocycles. The molecule has 0 bridgehead atoms. The summed E-state index contributed by atoms with van der Waals surface area (Å²) in [7, 11) is -1.04. The summed E-state index contributed by atoms with van der Waals surface area (Å²) in [6.45, 7) is 4.21. The predicted octanol–water partition coefficient (Wildman–Crippen LogP) is 1.41. The van der Waals surface area contributed by atoms with Gasteiger partial charge in [0, 0.05) is 54.3 Å². The van der Waals surface area contributed by atoms with Crippen LogP contribution < -0.4 is 9.80 Å². The van der Waals surface area contributed by atoms with Crippen LogP contribution in [0.15, 0.2) is 24.3 Å². The number of hydrogen-bond acceptors (Lipinski definition) is 7. The third kappa shape index (κ3) is 4.06. The van der Waals surface area contributed by atoms with Crippen LogP contribution in [0, 0.1) is 0 Å². The lowest BCUT2D eigenvalue weighted by molar-refractivity contribution is -0.116. The number of ether oxygens (including phenoxy) is 1. The highest BCUT2D eigenvalue weighted by molar-refractivity contribution is 7.83. The van der Waals surface area contributed by atoms with E-state index in [0.29, 0.717) is 47.3 Å². The summed E-state index contributed by atoms with van der Waals surface area (Å²) in [6, 6.07) is 7.19. The van der Waals surface area contributed by atoms with Crippen LogP contribution in [0.3, 0.4) is 0 Å². The number of fused-ring (bicyclic) bond motifs is 1. The molecular weight excluding hydrogens is 392 g/mol. The molecule has 8 nitrogen and oxygen atoms in total. The molecule has 4 rings (SSSR count). The van der Waals surface area contributed by atoms with Crippen molar-refractivity contribution in [3.63, 3.8) is 0 Å². The number of Topliss-reactive ketones (excluding diaryl/α,β-unsaturated/α-hetero) is 1. The summed E-state index contributed by atoms with van der Waals surface area (Å²) in [5.41, 5.74) is 2.50. The Morgan fingerprint density at radius 1 is 1.21 bits per heavy atom. The number of ketones is 1. The molecule has 9 heteroatoms. The van der Waals surface area contributed by atoms with Crippen LogP contribution in [0.4, 0.5) is 11.5 Å². The summed E-state index contributed by atoms with van der Waals surface area (Å²) in [5.74, 6) is 1.30. The number of anilines is 2. The summed E-state index contributed by atoms with van der Waals surface area (Å²) < 4.78 is 17.2. The summed E-state index contributed by atoms with van der Waals surface area (Å²) in [6.07, 6.45) is 1.64. The molecule has 152 valence electrons. The first-order chi connectivity index (χ1) is 13.9. The van der Waals surface area contributed by atoms with Gasteiger partial charge in [-0.2, -0.15) is 0 Å². The maximum absolute atomic E-state index is 12.4. The van der Waals surface area contributed by atoms with Crippen molar-refractivity contribution in [2.75, 3.05) is 48.9 Å². The van der Waals surface area contributed by atoms with Gasteiger partial charge in [-0.3, -0.25) is 13.8 Å². The van der Waals surface area contributed by atoms with E-state index in [-0.39, 0.29) is 18.2 Å². The zero-order chi connectivity index (χ0) is 20.5. The molecule has 1 amide bonds. The Bertz CT molecular complexity index is 1000. The van der Waals surface area contributed by atoms with Crippen LogP contribution in [0.1, 0.15) is 23.0 Å². The lowest BCUT2D eigenvalue weighted by Gasteiger charge is -2.28. The fraction of sp³-hybridized carbons (Fsp3) is 0.400. The Balaban J connectivity index is 1.76. The highest BCUT2D eigenvalue weighted by atomic mass is 32.2. The van der Waals surface area contributed by atoms with E-state index in [0.717, 1.165) is 18.9 Å². The highest BCUT2D eigenvalue weighted by Crippen LogP contribution is 2.32. The van der Waals surface area contributed by atoms with Crippen LogP contribution in [-0.2, 0) is 26.1 Å². The van der Waals surface area contributed by atoms with Gasteiger partial charge in [0.25, 0.3) is 0 Å². The van der Waals surface area contributed by atoms with Gasteiger partial charge in [-0.1, -0.05) is 0 Å². The summed E-state index contributed by atoms with van der Waals surface area (Å²) in [5, 5.41) is 0. The van der Waals surface area contributed by atoms with E-state index in [1.807, 2.05) is 12.1 Å². The van der Waals surface area contributed by atoms with E-state index >= 15 is 0 Å². The van der Waals surface area contributed by atoms with Crippen LogP contribution in [0.2, 0.25) is 0 Å². The molecule has 1 saturated heterocycles. The van der Waals surface area contributed by atoms with E-state index in [1.165, 1.54) is 11.8 Å². The van der Waals surface area contributed by atoms with Crippen molar-refractivity contribution in [3.05, 3.63) is 35.5 Å². The maximum Gasteiger partial charge on any atom is 0.224 e. The monoisotopic (exact) mass is 414 g/mol. The molecule has 1 aromatic carbocycles. The van der Waals surface area contributed by atoms with Gasteiger partial charge in [0.15, 0.2) is 11.6 Å². The lowest BCUT2D eigenvalue weighted by Crippen LogP contribution is -2.37. The minimum absolute atomic E-state index is 0.0584. The van der Waals surface area contributed by atoms with E-state index in [1.54, 1.807) is 18.4 Å². The molecule has 29 heavy (non-hydrogen) atoms. The number of rotatable bonds is 4. The first-order valence-electron chi connectivity index (χ1n) is 9.39. The molecule has 0 saturated carbocycles. The van der Waals surface area contributed by atoms with E-state index < -0.39 is 10.8 Å². The van der Waals surface area contributed by atoms with Crippen molar-refractivity contribution < 1.29 is 18.5 Å². The lowest BCUT2D eigenvalue weighted by atomic mass is 10.1. The number of nitrogens with zero attached hydrogens (tertiary/aromatic N) is 4. The minimum Gasteiger partial charge on any atom is -0.378 e. The second kappa shape index (κ2) is 8.00.